The molecule has 14 heteroatoms. The second kappa shape index (κ2) is 11.9. The van der Waals surface area contributed by atoms with Crippen LogP contribution in [0, 0.1) is 5.92 Å². The second-order valence-electron chi connectivity index (χ2n) is 12.3. The Hall–Kier alpha value is -3.49. The van der Waals surface area contributed by atoms with Crippen molar-refractivity contribution in [2.24, 2.45) is 5.92 Å². The maximum Gasteiger partial charge on any atom is 0.471 e. The lowest BCUT2D eigenvalue weighted by molar-refractivity contribution is -0.186. The molecular formula is C32H32BrF3N6O3S. The number of benzene rings is 2. The normalized spacial score (nSPS) is 19.3. The van der Waals surface area contributed by atoms with E-state index in [1.54, 1.807) is 16.8 Å². The van der Waals surface area contributed by atoms with Crippen molar-refractivity contribution in [1.29, 1.82) is 0 Å². The third-order valence-corrected chi connectivity index (χ3v) is 11.5. The summed E-state index contributed by atoms with van der Waals surface area (Å²) < 4.78 is 70.6. The van der Waals surface area contributed by atoms with E-state index in [1.165, 1.54) is 34.8 Å². The van der Waals surface area contributed by atoms with Gasteiger partial charge in [-0.15, -0.1) is 0 Å². The van der Waals surface area contributed by atoms with Crippen LogP contribution in [0.2, 0.25) is 0 Å². The Kier molecular flexibility index (Phi) is 8.08. The van der Waals surface area contributed by atoms with Crippen LogP contribution >= 0.6 is 15.9 Å². The van der Waals surface area contributed by atoms with Crippen molar-refractivity contribution in [2.45, 2.75) is 55.6 Å². The number of hydrogen-bond acceptors (Lipinski definition) is 6. The largest absolute Gasteiger partial charge is 0.471 e. The zero-order chi connectivity index (χ0) is 32.2. The van der Waals surface area contributed by atoms with Crippen LogP contribution in [0.15, 0.2) is 64.1 Å². The maximum absolute atomic E-state index is 13.8. The van der Waals surface area contributed by atoms with E-state index in [9.17, 15) is 26.4 Å². The number of halogens is 4. The average Bonchev–Trinajstić information content (AvgIpc) is 3.84. The van der Waals surface area contributed by atoms with E-state index in [4.69, 9.17) is 4.98 Å². The molecule has 1 saturated heterocycles. The van der Waals surface area contributed by atoms with Crippen LogP contribution in [-0.2, 0) is 27.8 Å². The third kappa shape index (κ3) is 6.02. The molecule has 1 N–H and O–H groups in total. The fourth-order valence-corrected chi connectivity index (χ4v) is 8.49. The fraction of sp³-hybridized carbons (Fsp3) is 0.406. The summed E-state index contributed by atoms with van der Waals surface area (Å²) in [6, 6.07) is 14.9. The first kappa shape index (κ1) is 31.1. The molecule has 2 aliphatic heterocycles. The van der Waals surface area contributed by atoms with Gasteiger partial charge >= 0.3 is 12.1 Å². The Balaban J connectivity index is 1.08. The van der Waals surface area contributed by atoms with Crippen molar-refractivity contribution in [1.82, 2.24) is 23.8 Å². The molecular weight excluding hydrogens is 685 g/mol. The van der Waals surface area contributed by atoms with Gasteiger partial charge in [-0.2, -0.15) is 27.1 Å². The lowest BCUT2D eigenvalue weighted by Gasteiger charge is -2.33. The Morgan fingerprint density at radius 1 is 1.04 bits per heavy atom. The Bertz CT molecular complexity index is 1930. The number of rotatable bonds is 7. The zero-order valence-electron chi connectivity index (χ0n) is 24.8. The summed E-state index contributed by atoms with van der Waals surface area (Å²) in [6.07, 6.45) is 0.799. The van der Waals surface area contributed by atoms with E-state index in [-0.39, 0.29) is 30.3 Å². The van der Waals surface area contributed by atoms with Crippen molar-refractivity contribution in [3.05, 3.63) is 75.9 Å². The summed E-state index contributed by atoms with van der Waals surface area (Å²) in [4.78, 5) is 17.5. The van der Waals surface area contributed by atoms with Gasteiger partial charge in [0, 0.05) is 44.4 Å². The van der Waals surface area contributed by atoms with Crippen LogP contribution in [0.1, 0.15) is 48.3 Å². The summed E-state index contributed by atoms with van der Waals surface area (Å²) in [5, 5.41) is 8.01. The minimum absolute atomic E-state index is 0.00506. The van der Waals surface area contributed by atoms with Gasteiger partial charge in [-0.05, 0) is 88.7 Å². The van der Waals surface area contributed by atoms with Gasteiger partial charge < -0.3 is 10.2 Å². The molecule has 46 heavy (non-hydrogen) atoms. The number of nitrogens with zero attached hydrogens (tertiary/aromatic N) is 5. The number of carbonyl (C=O) groups is 1. The van der Waals surface area contributed by atoms with Crippen LogP contribution < -0.4 is 5.32 Å². The fourth-order valence-electron chi connectivity index (χ4n) is 6.54. The van der Waals surface area contributed by atoms with Gasteiger partial charge in [0.05, 0.1) is 21.3 Å². The van der Waals surface area contributed by atoms with Crippen molar-refractivity contribution in [2.75, 3.05) is 31.5 Å². The van der Waals surface area contributed by atoms with Crippen LogP contribution in [0.25, 0.3) is 16.9 Å². The summed E-state index contributed by atoms with van der Waals surface area (Å²) in [5.74, 6) is -0.606. The summed E-state index contributed by atoms with van der Waals surface area (Å²) in [7, 11) is -3.91. The number of fused-ring (bicyclic) bond motifs is 2. The highest BCUT2D eigenvalue weighted by Gasteiger charge is 2.43. The molecule has 2 fully saturated rings. The summed E-state index contributed by atoms with van der Waals surface area (Å²) in [6.45, 7) is 0.805. The van der Waals surface area contributed by atoms with E-state index in [2.05, 4.69) is 44.5 Å². The molecule has 0 bridgehead atoms. The molecule has 3 aliphatic rings. The number of carbonyl (C=O) groups excluding carboxylic acids is 1. The summed E-state index contributed by atoms with van der Waals surface area (Å²) >= 11 is 3.57. The van der Waals surface area contributed by atoms with Gasteiger partial charge in [-0.25, -0.2) is 13.4 Å². The SMILES string of the molecule is O=C(N1CCc2ccc(S(=O)(=O)N3CCCC(CNc4cc(-c5ccccc5C5CC5)nc5c(Br)cnn45)C3)cc2C1)C(F)(F)F. The minimum atomic E-state index is -4.98. The van der Waals surface area contributed by atoms with Crippen LogP contribution in [0.4, 0.5) is 19.0 Å². The first-order valence-electron chi connectivity index (χ1n) is 15.3. The molecule has 1 amide bonds. The van der Waals surface area contributed by atoms with Crippen LogP contribution in [-0.4, -0.2) is 70.5 Å². The topological polar surface area (TPSA) is 99.9 Å². The molecule has 0 spiro atoms. The highest BCUT2D eigenvalue weighted by Crippen LogP contribution is 2.44. The number of sulfonamides is 1. The molecule has 242 valence electrons. The van der Waals surface area contributed by atoms with E-state index in [1.807, 2.05) is 12.1 Å². The van der Waals surface area contributed by atoms with Crippen molar-refractivity contribution >= 4 is 43.3 Å². The molecule has 1 saturated carbocycles. The number of piperidine rings is 1. The molecule has 9 nitrogen and oxygen atoms in total. The van der Waals surface area contributed by atoms with Gasteiger partial charge in [-0.1, -0.05) is 30.3 Å². The van der Waals surface area contributed by atoms with Crippen molar-refractivity contribution in [3.63, 3.8) is 0 Å². The molecule has 2 aromatic carbocycles. The first-order chi connectivity index (χ1) is 22.0. The van der Waals surface area contributed by atoms with Gasteiger partial charge in [-0.3, -0.25) is 4.79 Å². The van der Waals surface area contributed by atoms with Gasteiger partial charge in [0.25, 0.3) is 0 Å². The Morgan fingerprint density at radius 3 is 2.63 bits per heavy atom. The molecule has 2 aromatic heterocycles. The van der Waals surface area contributed by atoms with Gasteiger partial charge in [0.1, 0.15) is 5.82 Å². The van der Waals surface area contributed by atoms with Crippen LogP contribution in [0.3, 0.4) is 0 Å². The number of alkyl halides is 3. The highest BCUT2D eigenvalue weighted by atomic mass is 79.9. The Morgan fingerprint density at radius 2 is 1.85 bits per heavy atom. The molecule has 4 heterocycles. The quantitative estimate of drug-likeness (QED) is 0.252. The molecule has 4 aromatic rings. The predicted molar refractivity (Wildman–Crippen MR) is 170 cm³/mol. The predicted octanol–water partition coefficient (Wildman–Crippen LogP) is 6.00. The second-order valence-corrected chi connectivity index (χ2v) is 15.1. The molecule has 1 atom stereocenters. The smallest absolute Gasteiger partial charge is 0.370 e. The minimum Gasteiger partial charge on any atom is -0.370 e. The monoisotopic (exact) mass is 716 g/mol. The number of hydrogen-bond donors (Lipinski definition) is 1. The lowest BCUT2D eigenvalue weighted by atomic mass is 9.99. The van der Waals surface area contributed by atoms with E-state index in [0.29, 0.717) is 43.2 Å². The number of aromatic nitrogens is 3. The first-order valence-corrected chi connectivity index (χ1v) is 17.6. The molecule has 7 rings (SSSR count). The molecule has 0 radical (unpaired) electrons. The van der Waals surface area contributed by atoms with Gasteiger partial charge in [0.2, 0.25) is 10.0 Å². The number of anilines is 1. The number of nitrogens with one attached hydrogen (secondary N) is 1. The lowest BCUT2D eigenvalue weighted by Crippen LogP contribution is -2.44. The van der Waals surface area contributed by atoms with Gasteiger partial charge in [0.15, 0.2) is 5.65 Å². The third-order valence-electron chi connectivity index (χ3n) is 9.09. The molecule has 1 unspecified atom stereocenters. The highest BCUT2D eigenvalue weighted by molar-refractivity contribution is 9.10. The van der Waals surface area contributed by atoms with E-state index in [0.717, 1.165) is 38.4 Å². The molecule has 1 aliphatic carbocycles. The van der Waals surface area contributed by atoms with Crippen molar-refractivity contribution < 1.29 is 26.4 Å². The van der Waals surface area contributed by atoms with Crippen LogP contribution in [0.5, 0.6) is 0 Å². The maximum atomic E-state index is 13.8. The summed E-state index contributed by atoms with van der Waals surface area (Å²) in [5.41, 5.74) is 5.08. The average molecular weight is 718 g/mol. The standard InChI is InChI=1S/C32H32BrF3N6O3S/c33-27-17-38-42-29(15-28(39-30(27)42)26-6-2-1-5-25(26)22-7-8-22)37-16-20-4-3-12-41(18-20)46(44,45)24-10-9-21-11-13-40(19-23(21)14-24)31(43)32(34,35)36/h1-2,5-6,9-10,14-15,17,20,22,37H,3-4,7-8,11-13,16,18-19H2. The van der Waals surface area contributed by atoms with E-state index < -0.39 is 22.1 Å². The van der Waals surface area contributed by atoms with E-state index >= 15 is 0 Å². The zero-order valence-corrected chi connectivity index (χ0v) is 27.2. The Labute approximate surface area is 273 Å². The van der Waals surface area contributed by atoms with Crippen molar-refractivity contribution in [3.8, 4) is 11.3 Å². The number of amides is 1.